The summed E-state index contributed by atoms with van der Waals surface area (Å²) in [5, 5.41) is 6.20. The molecule has 0 radical (unpaired) electrons. The second kappa shape index (κ2) is 7.45. The van der Waals surface area contributed by atoms with Crippen molar-refractivity contribution in [3.05, 3.63) is 58.1 Å². The van der Waals surface area contributed by atoms with E-state index in [-0.39, 0.29) is 21.4 Å². The molecule has 0 spiro atoms. The third kappa shape index (κ3) is 4.10. The summed E-state index contributed by atoms with van der Waals surface area (Å²) in [5.41, 5.74) is 0.973. The number of ether oxygens (including phenoxy) is 1. The Morgan fingerprint density at radius 3 is 2.50 bits per heavy atom. The molecule has 0 aliphatic rings. The van der Waals surface area contributed by atoms with Gasteiger partial charge in [0.05, 0.1) is 17.7 Å². The van der Waals surface area contributed by atoms with Crippen molar-refractivity contribution < 1.29 is 9.53 Å². The van der Waals surface area contributed by atoms with E-state index in [1.807, 2.05) is 30.3 Å². The van der Waals surface area contributed by atoms with E-state index >= 15 is 0 Å². The van der Waals surface area contributed by atoms with E-state index in [4.69, 9.17) is 40.2 Å². The van der Waals surface area contributed by atoms with Gasteiger partial charge < -0.3 is 10.1 Å². The summed E-state index contributed by atoms with van der Waals surface area (Å²) >= 11 is 17.0. The highest BCUT2D eigenvalue weighted by atomic mass is 35.5. The Balaban J connectivity index is 2.14. The Morgan fingerprint density at radius 2 is 1.86 bits per heavy atom. The molecule has 0 fully saturated rings. The number of hydrogen-bond donors (Lipinski definition) is 2. The predicted molar refractivity (Wildman–Crippen MR) is 93.1 cm³/mol. The monoisotopic (exact) mass is 354 g/mol. The number of thiocarbonyl (C=S) groups is 1. The van der Waals surface area contributed by atoms with E-state index in [1.54, 1.807) is 0 Å². The highest BCUT2D eigenvalue weighted by molar-refractivity contribution is 7.80. The van der Waals surface area contributed by atoms with Gasteiger partial charge in [0.2, 0.25) is 0 Å². The van der Waals surface area contributed by atoms with Crippen LogP contribution in [0.2, 0.25) is 10.0 Å². The lowest BCUT2D eigenvalue weighted by Gasteiger charge is -2.13. The molecule has 2 N–H and O–H groups in total. The number of nitrogens with one attached hydrogen (secondary N) is 2. The second-order valence-electron chi connectivity index (χ2n) is 4.24. The lowest BCUT2D eigenvalue weighted by Crippen LogP contribution is -2.34. The summed E-state index contributed by atoms with van der Waals surface area (Å²) in [7, 11) is 1.42. The van der Waals surface area contributed by atoms with Crippen LogP contribution in [-0.2, 0) is 0 Å². The number of benzene rings is 2. The minimum Gasteiger partial charge on any atom is -0.494 e. The Morgan fingerprint density at radius 1 is 1.18 bits per heavy atom. The number of amides is 1. The third-order valence-electron chi connectivity index (χ3n) is 2.72. The van der Waals surface area contributed by atoms with Crippen molar-refractivity contribution in [1.82, 2.24) is 5.32 Å². The first-order valence-corrected chi connectivity index (χ1v) is 7.38. The predicted octanol–water partition coefficient (Wildman–Crippen LogP) is 4.13. The maximum atomic E-state index is 12.3. The summed E-state index contributed by atoms with van der Waals surface area (Å²) in [6.45, 7) is 0. The fourth-order valence-corrected chi connectivity index (χ4v) is 2.57. The van der Waals surface area contributed by atoms with Crippen LogP contribution in [0, 0.1) is 0 Å². The van der Waals surface area contributed by atoms with Gasteiger partial charge in [0.1, 0.15) is 5.75 Å². The molecule has 0 aliphatic carbocycles. The first kappa shape index (κ1) is 16.5. The van der Waals surface area contributed by atoms with Crippen LogP contribution in [0.25, 0.3) is 0 Å². The minimum absolute atomic E-state index is 0.161. The highest BCUT2D eigenvalue weighted by Gasteiger charge is 2.17. The topological polar surface area (TPSA) is 50.4 Å². The quantitative estimate of drug-likeness (QED) is 0.813. The van der Waals surface area contributed by atoms with Crippen molar-refractivity contribution in [1.29, 1.82) is 0 Å². The SMILES string of the molecule is COc1c(Cl)cc(Cl)cc1C(=O)NC(=S)Nc1ccccc1. The summed E-state index contributed by atoms with van der Waals surface area (Å²) in [4.78, 5) is 12.3. The maximum Gasteiger partial charge on any atom is 0.261 e. The van der Waals surface area contributed by atoms with E-state index in [2.05, 4.69) is 10.6 Å². The Hall–Kier alpha value is -1.82. The molecule has 0 aromatic heterocycles. The Bertz CT molecular complexity index is 708. The number of hydrogen-bond acceptors (Lipinski definition) is 3. The van der Waals surface area contributed by atoms with Crippen molar-refractivity contribution in [2.45, 2.75) is 0 Å². The molecule has 0 unspecified atom stereocenters. The summed E-state index contributed by atoms with van der Waals surface area (Å²) in [5.74, 6) is -0.222. The lowest BCUT2D eigenvalue weighted by atomic mass is 10.2. The number of rotatable bonds is 3. The first-order chi connectivity index (χ1) is 10.5. The number of anilines is 1. The van der Waals surface area contributed by atoms with E-state index < -0.39 is 5.91 Å². The second-order valence-corrected chi connectivity index (χ2v) is 5.49. The highest BCUT2D eigenvalue weighted by Crippen LogP contribution is 2.32. The van der Waals surface area contributed by atoms with Crippen LogP contribution in [0.5, 0.6) is 5.75 Å². The van der Waals surface area contributed by atoms with Gasteiger partial charge in [-0.05, 0) is 36.5 Å². The molecule has 2 rings (SSSR count). The van der Waals surface area contributed by atoms with Gasteiger partial charge in [-0.3, -0.25) is 10.1 Å². The van der Waals surface area contributed by atoms with E-state index in [9.17, 15) is 4.79 Å². The van der Waals surface area contributed by atoms with Crippen LogP contribution in [-0.4, -0.2) is 18.1 Å². The molecule has 7 heteroatoms. The van der Waals surface area contributed by atoms with Gasteiger partial charge in [0.15, 0.2) is 5.11 Å². The molecule has 0 aliphatic heterocycles. The molecular weight excluding hydrogens is 343 g/mol. The van der Waals surface area contributed by atoms with Gasteiger partial charge in [-0.15, -0.1) is 0 Å². The van der Waals surface area contributed by atoms with Crippen molar-refractivity contribution in [3.63, 3.8) is 0 Å². The molecule has 1 amide bonds. The van der Waals surface area contributed by atoms with Gasteiger partial charge in [-0.1, -0.05) is 41.4 Å². The molecule has 0 bridgehead atoms. The van der Waals surface area contributed by atoms with Gasteiger partial charge in [0, 0.05) is 10.7 Å². The van der Waals surface area contributed by atoms with Crippen LogP contribution in [0.15, 0.2) is 42.5 Å². The number of methoxy groups -OCH3 is 1. The van der Waals surface area contributed by atoms with Gasteiger partial charge >= 0.3 is 0 Å². The molecule has 0 heterocycles. The zero-order valence-electron chi connectivity index (χ0n) is 11.5. The molecule has 4 nitrogen and oxygen atoms in total. The molecule has 2 aromatic rings. The number of para-hydroxylation sites is 1. The standard InChI is InChI=1S/C15H12Cl2N2O2S/c1-21-13-11(7-9(16)8-12(13)17)14(20)19-15(22)18-10-5-3-2-4-6-10/h2-8H,1H3,(H2,18,19,20,22). The van der Waals surface area contributed by atoms with Crippen LogP contribution in [0.3, 0.4) is 0 Å². The van der Waals surface area contributed by atoms with Gasteiger partial charge in [-0.2, -0.15) is 0 Å². The van der Waals surface area contributed by atoms with Crippen molar-refractivity contribution in [2.24, 2.45) is 0 Å². The Labute approximate surface area is 143 Å². The van der Waals surface area contributed by atoms with Crippen LogP contribution >= 0.6 is 35.4 Å². The molecule has 0 saturated heterocycles. The van der Waals surface area contributed by atoms with Crippen molar-refractivity contribution in [3.8, 4) is 5.75 Å². The van der Waals surface area contributed by atoms with Gasteiger partial charge in [-0.25, -0.2) is 0 Å². The van der Waals surface area contributed by atoms with Gasteiger partial charge in [0.25, 0.3) is 5.91 Å². The van der Waals surface area contributed by atoms with E-state index in [0.29, 0.717) is 5.02 Å². The maximum absolute atomic E-state index is 12.3. The summed E-state index contributed by atoms with van der Waals surface area (Å²) in [6.07, 6.45) is 0. The zero-order valence-corrected chi connectivity index (χ0v) is 13.9. The fraction of sp³-hybridized carbons (Fsp3) is 0.0667. The fourth-order valence-electron chi connectivity index (χ4n) is 1.79. The summed E-state index contributed by atoms with van der Waals surface area (Å²) < 4.78 is 5.14. The molecule has 0 atom stereocenters. The van der Waals surface area contributed by atoms with Crippen LogP contribution < -0.4 is 15.4 Å². The molecular formula is C15H12Cl2N2O2S. The largest absolute Gasteiger partial charge is 0.494 e. The van der Waals surface area contributed by atoms with E-state index in [0.717, 1.165) is 5.69 Å². The van der Waals surface area contributed by atoms with Crippen LogP contribution in [0.1, 0.15) is 10.4 Å². The number of carbonyl (C=O) groups excluding carboxylic acids is 1. The minimum atomic E-state index is -0.463. The Kier molecular flexibility index (Phi) is 5.60. The molecule has 0 saturated carbocycles. The smallest absolute Gasteiger partial charge is 0.261 e. The first-order valence-electron chi connectivity index (χ1n) is 6.21. The number of carbonyl (C=O) groups is 1. The average molecular weight is 355 g/mol. The average Bonchev–Trinajstić information content (AvgIpc) is 2.47. The lowest BCUT2D eigenvalue weighted by molar-refractivity contribution is 0.0975. The van der Waals surface area contributed by atoms with Crippen LogP contribution in [0.4, 0.5) is 5.69 Å². The zero-order chi connectivity index (χ0) is 16.1. The molecule has 22 heavy (non-hydrogen) atoms. The third-order valence-corrected chi connectivity index (χ3v) is 3.42. The molecule has 2 aromatic carbocycles. The molecule has 114 valence electrons. The van der Waals surface area contributed by atoms with Crippen molar-refractivity contribution in [2.75, 3.05) is 12.4 Å². The summed E-state index contributed by atoms with van der Waals surface area (Å²) in [6, 6.07) is 12.2. The number of halogens is 2. The normalized spacial score (nSPS) is 9.95. The van der Waals surface area contributed by atoms with Crippen molar-refractivity contribution >= 4 is 52.1 Å². The van der Waals surface area contributed by atoms with E-state index in [1.165, 1.54) is 19.2 Å².